The molecule has 2 aromatic rings. The number of benzene rings is 1. The van der Waals surface area contributed by atoms with Crippen LogP contribution in [0, 0.1) is 0 Å². The van der Waals surface area contributed by atoms with Gasteiger partial charge in [0.15, 0.2) is 0 Å². The van der Waals surface area contributed by atoms with Gasteiger partial charge in [-0.3, -0.25) is 4.79 Å². The van der Waals surface area contributed by atoms with Crippen LogP contribution < -0.4 is 10.5 Å². The molecule has 0 unspecified atom stereocenters. The molecule has 0 atom stereocenters. The van der Waals surface area contributed by atoms with Gasteiger partial charge in [-0.25, -0.2) is 0 Å². The zero-order valence-corrected chi connectivity index (χ0v) is 8.90. The summed E-state index contributed by atoms with van der Waals surface area (Å²) in [6, 6.07) is 8.12. The van der Waals surface area contributed by atoms with E-state index >= 15 is 0 Å². The summed E-state index contributed by atoms with van der Waals surface area (Å²) < 4.78 is 10.3. The maximum atomic E-state index is 11.1. The molecule has 2 rings (SSSR count). The highest BCUT2D eigenvalue weighted by atomic mass is 35.5. The van der Waals surface area contributed by atoms with Crippen LogP contribution in [0.5, 0.6) is 11.7 Å². The summed E-state index contributed by atoms with van der Waals surface area (Å²) in [6.07, 6.45) is 1.34. The molecular weight excluding hydrogens is 230 g/mol. The molecule has 0 aliphatic heterocycles. The molecule has 1 heterocycles. The number of halogens is 1. The van der Waals surface area contributed by atoms with Crippen molar-refractivity contribution < 1.29 is 13.9 Å². The lowest BCUT2D eigenvalue weighted by Crippen LogP contribution is -2.11. The van der Waals surface area contributed by atoms with Gasteiger partial charge in [-0.1, -0.05) is 23.7 Å². The van der Waals surface area contributed by atoms with E-state index in [0.717, 1.165) is 0 Å². The van der Waals surface area contributed by atoms with Crippen molar-refractivity contribution >= 4 is 17.5 Å². The SMILES string of the molecule is NC(=O)c1ccccc1Oc1cc(Cl)co1. The molecule has 0 aliphatic carbocycles. The summed E-state index contributed by atoms with van der Waals surface area (Å²) >= 11 is 5.66. The Morgan fingerprint density at radius 1 is 1.38 bits per heavy atom. The molecule has 16 heavy (non-hydrogen) atoms. The second-order valence-electron chi connectivity index (χ2n) is 3.05. The molecule has 0 radical (unpaired) electrons. The van der Waals surface area contributed by atoms with Crippen LogP contribution in [-0.2, 0) is 0 Å². The van der Waals surface area contributed by atoms with Crippen LogP contribution in [0.1, 0.15) is 10.4 Å². The molecule has 0 spiro atoms. The first-order chi connectivity index (χ1) is 7.66. The number of primary amides is 1. The van der Waals surface area contributed by atoms with E-state index in [1.54, 1.807) is 24.3 Å². The monoisotopic (exact) mass is 237 g/mol. The van der Waals surface area contributed by atoms with Gasteiger partial charge in [0.05, 0.1) is 10.6 Å². The average molecular weight is 238 g/mol. The van der Waals surface area contributed by atoms with E-state index in [1.807, 2.05) is 0 Å². The molecule has 0 bridgehead atoms. The first-order valence-electron chi connectivity index (χ1n) is 4.47. The molecule has 4 nitrogen and oxygen atoms in total. The molecule has 5 heteroatoms. The number of carbonyl (C=O) groups is 1. The minimum absolute atomic E-state index is 0.207. The largest absolute Gasteiger partial charge is 0.432 e. The van der Waals surface area contributed by atoms with Gasteiger partial charge in [0, 0.05) is 6.07 Å². The first-order valence-corrected chi connectivity index (χ1v) is 4.85. The minimum atomic E-state index is -0.562. The standard InChI is InChI=1S/C11H8ClNO3/c12-7-5-10(15-6-7)16-9-4-2-1-3-8(9)11(13)14/h1-6H,(H2,13,14). The van der Waals surface area contributed by atoms with E-state index in [-0.39, 0.29) is 11.5 Å². The summed E-state index contributed by atoms with van der Waals surface area (Å²) in [7, 11) is 0. The molecule has 82 valence electrons. The Bertz CT molecular complexity index is 521. The lowest BCUT2D eigenvalue weighted by Gasteiger charge is -2.05. The van der Waals surface area contributed by atoms with Gasteiger partial charge in [0.2, 0.25) is 0 Å². The van der Waals surface area contributed by atoms with E-state index in [0.29, 0.717) is 10.8 Å². The Balaban J connectivity index is 2.31. The molecule has 1 aromatic carbocycles. The normalized spacial score (nSPS) is 10.1. The fourth-order valence-corrected chi connectivity index (χ4v) is 1.35. The predicted molar refractivity (Wildman–Crippen MR) is 58.8 cm³/mol. The van der Waals surface area contributed by atoms with Gasteiger partial charge >= 0.3 is 0 Å². The van der Waals surface area contributed by atoms with E-state index in [9.17, 15) is 4.79 Å². The van der Waals surface area contributed by atoms with Crippen molar-refractivity contribution in [2.45, 2.75) is 0 Å². The molecular formula is C11H8ClNO3. The molecule has 2 N–H and O–H groups in total. The summed E-state index contributed by atoms with van der Waals surface area (Å²) in [5.74, 6) is -0.0204. The van der Waals surface area contributed by atoms with E-state index in [4.69, 9.17) is 26.5 Å². The lowest BCUT2D eigenvalue weighted by atomic mass is 10.2. The van der Waals surface area contributed by atoms with Crippen LogP contribution in [0.2, 0.25) is 5.02 Å². The Hall–Kier alpha value is -1.94. The van der Waals surface area contributed by atoms with Gasteiger partial charge < -0.3 is 14.9 Å². The van der Waals surface area contributed by atoms with E-state index in [1.165, 1.54) is 12.3 Å². The Morgan fingerprint density at radius 2 is 2.12 bits per heavy atom. The average Bonchev–Trinajstić information content (AvgIpc) is 2.64. The number of carbonyl (C=O) groups excluding carboxylic acids is 1. The van der Waals surface area contributed by atoms with Crippen molar-refractivity contribution in [3.05, 3.63) is 47.2 Å². The number of ether oxygens (including phenoxy) is 1. The maximum absolute atomic E-state index is 11.1. The van der Waals surface area contributed by atoms with Gasteiger partial charge in [0.25, 0.3) is 11.9 Å². The molecule has 1 aromatic heterocycles. The Kier molecular flexibility index (Phi) is 2.83. The fraction of sp³-hybridized carbons (Fsp3) is 0. The van der Waals surface area contributed by atoms with Crippen LogP contribution >= 0.6 is 11.6 Å². The third kappa shape index (κ3) is 2.17. The van der Waals surface area contributed by atoms with Crippen molar-refractivity contribution in [1.82, 2.24) is 0 Å². The molecule has 0 saturated heterocycles. The molecule has 0 fully saturated rings. The fourth-order valence-electron chi connectivity index (χ4n) is 1.22. The minimum Gasteiger partial charge on any atom is -0.432 e. The van der Waals surface area contributed by atoms with Gasteiger partial charge in [-0.2, -0.15) is 0 Å². The topological polar surface area (TPSA) is 65.5 Å². The summed E-state index contributed by atoms with van der Waals surface area (Å²) in [6.45, 7) is 0. The van der Waals surface area contributed by atoms with Crippen molar-refractivity contribution in [3.8, 4) is 11.7 Å². The van der Waals surface area contributed by atoms with Crippen molar-refractivity contribution in [2.75, 3.05) is 0 Å². The zero-order valence-electron chi connectivity index (χ0n) is 8.14. The van der Waals surface area contributed by atoms with Crippen molar-refractivity contribution in [2.24, 2.45) is 5.73 Å². The summed E-state index contributed by atoms with van der Waals surface area (Å²) in [5, 5.41) is 0.423. The Morgan fingerprint density at radius 3 is 2.75 bits per heavy atom. The molecule has 1 amide bonds. The van der Waals surface area contributed by atoms with Crippen LogP contribution in [0.4, 0.5) is 0 Å². The number of furan rings is 1. The second kappa shape index (κ2) is 4.28. The van der Waals surface area contributed by atoms with Crippen molar-refractivity contribution in [1.29, 1.82) is 0 Å². The second-order valence-corrected chi connectivity index (χ2v) is 3.48. The highest BCUT2D eigenvalue weighted by Crippen LogP contribution is 2.28. The van der Waals surface area contributed by atoms with Crippen LogP contribution in [0.3, 0.4) is 0 Å². The van der Waals surface area contributed by atoms with Crippen LogP contribution in [0.25, 0.3) is 0 Å². The summed E-state index contributed by atoms with van der Waals surface area (Å²) in [5.41, 5.74) is 5.48. The van der Waals surface area contributed by atoms with Crippen molar-refractivity contribution in [3.63, 3.8) is 0 Å². The Labute approximate surface area is 96.6 Å². The predicted octanol–water partition coefficient (Wildman–Crippen LogP) is 2.82. The number of hydrogen-bond acceptors (Lipinski definition) is 3. The van der Waals surface area contributed by atoms with Gasteiger partial charge in [-0.05, 0) is 12.1 Å². The third-order valence-electron chi connectivity index (χ3n) is 1.91. The highest BCUT2D eigenvalue weighted by molar-refractivity contribution is 6.30. The summed E-state index contributed by atoms with van der Waals surface area (Å²) in [4.78, 5) is 11.1. The quantitative estimate of drug-likeness (QED) is 0.893. The third-order valence-corrected chi connectivity index (χ3v) is 2.10. The number of hydrogen-bond donors (Lipinski definition) is 1. The maximum Gasteiger partial charge on any atom is 0.291 e. The van der Waals surface area contributed by atoms with Gasteiger partial charge in [0.1, 0.15) is 12.0 Å². The number of para-hydroxylation sites is 1. The first kappa shape index (κ1) is 10.6. The smallest absolute Gasteiger partial charge is 0.291 e. The zero-order chi connectivity index (χ0) is 11.5. The lowest BCUT2D eigenvalue weighted by molar-refractivity contribution is 0.0997. The van der Waals surface area contributed by atoms with E-state index in [2.05, 4.69) is 0 Å². The van der Waals surface area contributed by atoms with Gasteiger partial charge in [-0.15, -0.1) is 0 Å². The number of nitrogens with two attached hydrogens (primary N) is 1. The van der Waals surface area contributed by atoms with Crippen LogP contribution in [0.15, 0.2) is 41.0 Å². The van der Waals surface area contributed by atoms with Crippen LogP contribution in [-0.4, -0.2) is 5.91 Å². The molecule has 0 saturated carbocycles. The number of rotatable bonds is 3. The highest BCUT2D eigenvalue weighted by Gasteiger charge is 2.10. The van der Waals surface area contributed by atoms with E-state index < -0.39 is 5.91 Å². The number of amides is 1. The molecule has 0 aliphatic rings.